The third-order valence-electron chi connectivity index (χ3n) is 8.25. The summed E-state index contributed by atoms with van der Waals surface area (Å²) >= 11 is 2.28. The fourth-order valence-electron chi connectivity index (χ4n) is 6.09. The number of amides is 2. The van der Waals surface area contributed by atoms with Crippen molar-refractivity contribution in [3.05, 3.63) is 62.2 Å². The highest BCUT2D eigenvalue weighted by molar-refractivity contribution is 14.1. The molecule has 2 fully saturated rings. The standard InChI is InChI=1S/C29H36IN3O2/c1-20-16-25-26(17-21(20)2)29(35)33(24-11-7-8-22(30)18-24)27(25)19-28(34)32-14-12-31(13-15-32)23-9-5-3-4-6-10-23/h7-8,11,16-18,23,27H,3-6,9-10,12-15,19H2,1-2H3. The minimum atomic E-state index is -0.262. The number of benzene rings is 2. The van der Waals surface area contributed by atoms with Crippen LogP contribution >= 0.6 is 22.6 Å². The number of rotatable bonds is 4. The van der Waals surface area contributed by atoms with Gasteiger partial charge >= 0.3 is 0 Å². The average molecular weight is 586 g/mol. The maximum absolute atomic E-state index is 13.6. The molecule has 2 aliphatic heterocycles. The van der Waals surface area contributed by atoms with Crippen molar-refractivity contribution < 1.29 is 9.59 Å². The Hall–Kier alpha value is -1.93. The maximum atomic E-state index is 13.6. The van der Waals surface area contributed by atoms with Crippen LogP contribution in [0.3, 0.4) is 0 Å². The number of hydrogen-bond acceptors (Lipinski definition) is 3. The monoisotopic (exact) mass is 585 g/mol. The smallest absolute Gasteiger partial charge is 0.259 e. The zero-order valence-corrected chi connectivity index (χ0v) is 23.1. The van der Waals surface area contributed by atoms with E-state index in [1.54, 1.807) is 0 Å². The Kier molecular flexibility index (Phi) is 7.49. The molecule has 186 valence electrons. The molecule has 0 N–H and O–H groups in total. The van der Waals surface area contributed by atoms with Crippen molar-refractivity contribution in [1.82, 2.24) is 9.80 Å². The molecule has 1 saturated heterocycles. The van der Waals surface area contributed by atoms with Crippen LogP contribution in [-0.4, -0.2) is 53.8 Å². The molecule has 2 aromatic carbocycles. The Morgan fingerprint density at radius 3 is 2.31 bits per heavy atom. The summed E-state index contributed by atoms with van der Waals surface area (Å²) < 4.78 is 1.08. The van der Waals surface area contributed by atoms with E-state index in [1.807, 2.05) is 47.1 Å². The van der Waals surface area contributed by atoms with E-state index in [4.69, 9.17) is 0 Å². The largest absolute Gasteiger partial charge is 0.340 e. The van der Waals surface area contributed by atoms with Crippen molar-refractivity contribution in [3.8, 4) is 0 Å². The molecule has 6 heteroatoms. The van der Waals surface area contributed by atoms with Crippen LogP contribution in [0.5, 0.6) is 0 Å². The Balaban J connectivity index is 1.34. The highest BCUT2D eigenvalue weighted by Gasteiger charge is 2.40. The number of aryl methyl sites for hydroxylation is 2. The molecule has 1 atom stereocenters. The number of piperazine rings is 1. The number of anilines is 1. The third kappa shape index (κ3) is 5.15. The van der Waals surface area contributed by atoms with Crippen LogP contribution in [0.15, 0.2) is 36.4 Å². The summed E-state index contributed by atoms with van der Waals surface area (Å²) in [5.74, 6) is 0.158. The molecule has 2 aromatic rings. The van der Waals surface area contributed by atoms with Gasteiger partial charge in [0.1, 0.15) is 0 Å². The van der Waals surface area contributed by atoms with Crippen molar-refractivity contribution in [2.45, 2.75) is 70.9 Å². The minimum Gasteiger partial charge on any atom is -0.340 e. The number of carbonyl (C=O) groups excluding carboxylic acids is 2. The summed E-state index contributed by atoms with van der Waals surface area (Å²) in [4.78, 5) is 33.7. The second-order valence-corrected chi connectivity index (χ2v) is 11.7. The number of fused-ring (bicyclic) bond motifs is 1. The van der Waals surface area contributed by atoms with Crippen LogP contribution in [0.4, 0.5) is 5.69 Å². The Bertz CT molecular complexity index is 1100. The molecule has 1 saturated carbocycles. The Morgan fingerprint density at radius 1 is 0.943 bits per heavy atom. The van der Waals surface area contributed by atoms with Gasteiger partial charge in [0.25, 0.3) is 5.91 Å². The number of nitrogens with zero attached hydrogens (tertiary/aromatic N) is 3. The predicted octanol–water partition coefficient (Wildman–Crippen LogP) is 5.87. The van der Waals surface area contributed by atoms with Gasteiger partial charge in [0, 0.05) is 47.0 Å². The highest BCUT2D eigenvalue weighted by atomic mass is 127. The van der Waals surface area contributed by atoms with E-state index < -0.39 is 0 Å². The molecule has 2 amide bonds. The highest BCUT2D eigenvalue weighted by Crippen LogP contribution is 2.41. The number of hydrogen-bond donors (Lipinski definition) is 0. The lowest BCUT2D eigenvalue weighted by Gasteiger charge is -2.39. The first-order valence-electron chi connectivity index (χ1n) is 13.1. The summed E-state index contributed by atoms with van der Waals surface area (Å²) in [5, 5.41) is 0. The molecule has 0 bridgehead atoms. The molecule has 5 rings (SSSR count). The third-order valence-corrected chi connectivity index (χ3v) is 8.92. The van der Waals surface area contributed by atoms with E-state index in [-0.39, 0.29) is 17.9 Å². The first kappa shape index (κ1) is 24.8. The normalized spacial score (nSPS) is 21.8. The predicted molar refractivity (Wildman–Crippen MR) is 149 cm³/mol. The Labute approximate surface area is 223 Å². The van der Waals surface area contributed by atoms with Crippen molar-refractivity contribution in [2.24, 2.45) is 0 Å². The van der Waals surface area contributed by atoms with E-state index in [9.17, 15) is 9.59 Å². The fraction of sp³-hybridized carbons (Fsp3) is 0.517. The zero-order chi connectivity index (χ0) is 24.5. The van der Waals surface area contributed by atoms with Gasteiger partial charge in [0.15, 0.2) is 0 Å². The van der Waals surface area contributed by atoms with Gasteiger partial charge in [-0.15, -0.1) is 0 Å². The molecule has 3 aliphatic rings. The van der Waals surface area contributed by atoms with Crippen LogP contribution in [0, 0.1) is 17.4 Å². The van der Waals surface area contributed by atoms with E-state index >= 15 is 0 Å². The van der Waals surface area contributed by atoms with Crippen molar-refractivity contribution >= 4 is 40.1 Å². The molecule has 1 aliphatic carbocycles. The van der Waals surface area contributed by atoms with Crippen LogP contribution in [0.1, 0.15) is 78.0 Å². The van der Waals surface area contributed by atoms with Gasteiger partial charge in [0.2, 0.25) is 5.91 Å². The minimum absolute atomic E-state index is 0.00100. The lowest BCUT2D eigenvalue weighted by molar-refractivity contribution is -0.133. The summed E-state index contributed by atoms with van der Waals surface area (Å²) in [6.45, 7) is 7.65. The van der Waals surface area contributed by atoms with Crippen molar-refractivity contribution in [3.63, 3.8) is 0 Å². The van der Waals surface area contributed by atoms with E-state index in [1.165, 1.54) is 38.5 Å². The first-order valence-corrected chi connectivity index (χ1v) is 14.2. The average Bonchev–Trinajstić information content (AvgIpc) is 3.02. The zero-order valence-electron chi connectivity index (χ0n) is 20.9. The molecular weight excluding hydrogens is 549 g/mol. The van der Waals surface area contributed by atoms with Crippen LogP contribution in [0.25, 0.3) is 0 Å². The quantitative estimate of drug-likeness (QED) is 0.333. The molecule has 0 radical (unpaired) electrons. The van der Waals surface area contributed by atoms with Gasteiger partial charge in [-0.1, -0.05) is 37.8 Å². The van der Waals surface area contributed by atoms with E-state index in [0.29, 0.717) is 12.5 Å². The van der Waals surface area contributed by atoms with Crippen molar-refractivity contribution in [1.29, 1.82) is 0 Å². The molecule has 1 unspecified atom stereocenters. The molecule has 0 spiro atoms. The lowest BCUT2D eigenvalue weighted by Crippen LogP contribution is -2.52. The fourth-order valence-corrected chi connectivity index (χ4v) is 6.61. The van der Waals surface area contributed by atoms with Gasteiger partial charge in [-0.2, -0.15) is 0 Å². The molecular formula is C29H36IN3O2. The molecule has 5 nitrogen and oxygen atoms in total. The van der Waals surface area contributed by atoms with Crippen LogP contribution in [0.2, 0.25) is 0 Å². The lowest BCUT2D eigenvalue weighted by atomic mass is 9.96. The van der Waals surface area contributed by atoms with Gasteiger partial charge < -0.3 is 9.80 Å². The van der Waals surface area contributed by atoms with Crippen LogP contribution in [-0.2, 0) is 4.79 Å². The second kappa shape index (κ2) is 10.6. The summed E-state index contributed by atoms with van der Waals surface area (Å²) in [7, 11) is 0. The number of carbonyl (C=O) groups is 2. The van der Waals surface area contributed by atoms with Gasteiger partial charge in [-0.25, -0.2) is 0 Å². The SMILES string of the molecule is Cc1cc2c(cc1C)C(CC(=O)N1CCN(C3CCCCCC3)CC1)N(c1cccc(I)c1)C2=O. The summed E-state index contributed by atoms with van der Waals surface area (Å²) in [6, 6.07) is 12.6. The molecule has 35 heavy (non-hydrogen) atoms. The summed E-state index contributed by atoms with van der Waals surface area (Å²) in [6.07, 6.45) is 8.35. The van der Waals surface area contributed by atoms with Crippen molar-refractivity contribution in [2.75, 3.05) is 31.1 Å². The first-order chi connectivity index (χ1) is 16.9. The molecule has 2 heterocycles. The number of halogens is 1. The summed E-state index contributed by atoms with van der Waals surface area (Å²) in [5.41, 5.74) is 4.87. The van der Waals surface area contributed by atoms with Gasteiger partial charge in [-0.05, 0) is 90.2 Å². The van der Waals surface area contributed by atoms with Gasteiger partial charge in [0.05, 0.1) is 12.5 Å². The Morgan fingerprint density at radius 2 is 1.63 bits per heavy atom. The van der Waals surface area contributed by atoms with E-state index in [2.05, 4.69) is 40.5 Å². The molecule has 0 aromatic heterocycles. The topological polar surface area (TPSA) is 43.9 Å². The van der Waals surface area contributed by atoms with Gasteiger partial charge in [-0.3, -0.25) is 14.5 Å². The van der Waals surface area contributed by atoms with Crippen LogP contribution < -0.4 is 4.90 Å². The van der Waals surface area contributed by atoms with E-state index in [0.717, 1.165) is 57.7 Å². The maximum Gasteiger partial charge on any atom is 0.259 e. The second-order valence-electron chi connectivity index (χ2n) is 10.5.